The molecule has 30 N–H and O–H groups in total. The molecule has 102 heavy (non-hydrogen) atoms. The van der Waals surface area contributed by atoms with Crippen LogP contribution in [-0.2, 0) is 62.4 Å². The third kappa shape index (κ3) is 25.7. The Morgan fingerprint density at radius 1 is 0.382 bits per heavy atom. The number of rotatable bonds is 45. The normalized spacial score (nSPS) is 13.9. The highest BCUT2D eigenvalue weighted by atomic mass is 16.4. The molecule has 33 heteroatoms. The second kappa shape index (κ2) is 41.1. The lowest BCUT2D eigenvalue weighted by Crippen LogP contribution is -2.61. The highest BCUT2D eigenvalue weighted by Gasteiger charge is 2.37. The minimum atomic E-state index is -1.52. The third-order valence-corrected chi connectivity index (χ3v) is 17.1. The van der Waals surface area contributed by atoms with Gasteiger partial charge < -0.3 is 114 Å². The van der Waals surface area contributed by atoms with Crippen LogP contribution in [0.25, 0.3) is 32.7 Å². The number of para-hydroxylation sites is 3. The molecule has 0 saturated carbocycles. The van der Waals surface area contributed by atoms with Crippen LogP contribution in [0.4, 0.5) is 0 Å². The molecule has 0 unspecified atom stereocenters. The van der Waals surface area contributed by atoms with Gasteiger partial charge in [0, 0.05) is 90.2 Å². The lowest BCUT2D eigenvalue weighted by atomic mass is 9.99. The van der Waals surface area contributed by atoms with Crippen LogP contribution in [0.3, 0.4) is 0 Å². The molecule has 0 aliphatic carbocycles. The van der Waals surface area contributed by atoms with Gasteiger partial charge in [0.1, 0.15) is 48.3 Å². The summed E-state index contributed by atoms with van der Waals surface area (Å²) in [5.41, 5.74) is 55.5. The van der Waals surface area contributed by atoms with Crippen molar-refractivity contribution in [3.63, 3.8) is 0 Å². The maximum absolute atomic E-state index is 15.4. The number of guanidine groups is 3. The molecule has 6 rings (SSSR count). The summed E-state index contributed by atoms with van der Waals surface area (Å²) >= 11 is 0. The number of carbonyl (C=O) groups excluding carboxylic acids is 8. The van der Waals surface area contributed by atoms with Crippen LogP contribution in [-0.4, -0.2) is 178 Å². The summed E-state index contributed by atoms with van der Waals surface area (Å²) in [5, 5.41) is 34.6. The number of hydrogen-bond acceptors (Lipinski definition) is 15. The third-order valence-electron chi connectivity index (χ3n) is 17.1. The molecule has 9 atom stereocenters. The fourth-order valence-corrected chi connectivity index (χ4v) is 11.8. The number of nitrogens with zero attached hydrogens (tertiary/aromatic N) is 3. The van der Waals surface area contributed by atoms with E-state index in [0.717, 1.165) is 21.8 Å². The number of aromatic nitrogens is 3. The number of carboxylic acids is 1. The first-order valence-corrected chi connectivity index (χ1v) is 34.5. The zero-order valence-electron chi connectivity index (χ0n) is 57.9. The standard InChI is InChI=1S/C69H103N23O10/c1-39(2)32-54(62(97)88-53(66(101)102)24-10-12-28-71)89-65(100)57(35-42-38-84-49-22-8-5-18-45(42)49)92-61(96)52(26-15-31-81-69(77)78)87-64(99)56(34-41-37-83-48-21-7-4-17-44(41)48)91-60(95)51(25-14-30-80-68(75)76)86-63(98)55(33-40-36-82-47-20-6-3-16-43(40)47)90-59(94)50(23-9-11-27-70)85-58(93)46(72)19-13-29-79-67(73)74/h3-8,16-18,20-22,36-39,46,50-57,82-84H,9-15,19,23-35,70-72H2,1-2H3,(H,85,93)(H,86,98)(H,87,99)(H,88,97)(H,89,100)(H,90,94)(H,91,95)(H,92,96)(H,101,102)(H4,73,74,79)(H4,75,76,80)(H4,77,78,81)/t46-,50-,51-,52-,53-,54-,55-,56-,57-/m0/s1. The zero-order valence-corrected chi connectivity index (χ0v) is 57.9. The quantitative estimate of drug-likeness (QED) is 0.0123. The van der Waals surface area contributed by atoms with Crippen molar-refractivity contribution < 1.29 is 48.3 Å². The number of aliphatic imine (C=N–C) groups is 3. The summed E-state index contributed by atoms with van der Waals surface area (Å²) < 4.78 is 0. The van der Waals surface area contributed by atoms with Gasteiger partial charge in [0.25, 0.3) is 0 Å². The predicted molar refractivity (Wildman–Crippen MR) is 392 cm³/mol. The van der Waals surface area contributed by atoms with Crippen molar-refractivity contribution in [1.82, 2.24) is 57.5 Å². The van der Waals surface area contributed by atoms with Gasteiger partial charge in [0.15, 0.2) is 17.9 Å². The van der Waals surface area contributed by atoms with Crippen molar-refractivity contribution >= 4 is 104 Å². The van der Waals surface area contributed by atoms with E-state index in [9.17, 15) is 29.1 Å². The van der Waals surface area contributed by atoms with Gasteiger partial charge >= 0.3 is 5.97 Å². The van der Waals surface area contributed by atoms with E-state index in [-0.39, 0.29) is 114 Å². The number of unbranched alkanes of at least 4 members (excludes halogenated alkanes) is 2. The SMILES string of the molecule is CC(C)C[C@H](NC(=O)[C@H](Cc1c[nH]c2ccccc12)NC(=O)[C@H](CCCN=C(N)N)NC(=O)[C@H](Cc1c[nH]c2ccccc12)NC(=O)[C@H](CCCN=C(N)N)NC(=O)[C@H](Cc1c[nH]c2ccccc12)NC(=O)[C@H](CCCCN)NC(=O)[C@@H](N)CCCN=C(N)N)C(=O)N[C@@H](CCCCN)C(=O)O. The molecule has 0 spiro atoms. The Bertz CT molecular complexity index is 3850. The lowest BCUT2D eigenvalue weighted by molar-refractivity contribution is -0.142. The number of hydrogen-bond donors (Lipinski definition) is 21. The second-order valence-corrected chi connectivity index (χ2v) is 25.7. The number of amides is 8. The highest BCUT2D eigenvalue weighted by molar-refractivity contribution is 5.99. The van der Waals surface area contributed by atoms with Crippen LogP contribution in [0.1, 0.15) is 114 Å². The van der Waals surface area contributed by atoms with Gasteiger partial charge in [-0.2, -0.15) is 0 Å². The van der Waals surface area contributed by atoms with E-state index in [1.807, 2.05) is 74.5 Å². The summed E-state index contributed by atoms with van der Waals surface area (Å²) in [6.45, 7) is 4.46. The van der Waals surface area contributed by atoms with Gasteiger partial charge in [0.05, 0.1) is 6.04 Å². The first kappa shape index (κ1) is 80.2. The molecule has 3 heterocycles. The minimum absolute atomic E-state index is 0.000292. The van der Waals surface area contributed by atoms with Crippen LogP contribution in [0.5, 0.6) is 0 Å². The van der Waals surface area contributed by atoms with Crippen molar-refractivity contribution in [2.45, 2.75) is 171 Å². The van der Waals surface area contributed by atoms with E-state index >= 15 is 19.2 Å². The number of aliphatic carboxylic acids is 1. The van der Waals surface area contributed by atoms with Crippen molar-refractivity contribution in [1.29, 1.82) is 0 Å². The van der Waals surface area contributed by atoms with Crippen LogP contribution in [0, 0.1) is 5.92 Å². The van der Waals surface area contributed by atoms with Gasteiger partial charge in [-0.1, -0.05) is 68.4 Å². The number of aromatic amines is 3. The molecule has 6 aromatic rings. The first-order chi connectivity index (χ1) is 48.8. The molecule has 554 valence electrons. The molecule has 0 fully saturated rings. The molecule has 8 amide bonds. The average molecular weight is 1410 g/mol. The van der Waals surface area contributed by atoms with E-state index in [2.05, 4.69) is 72.5 Å². The predicted octanol–water partition coefficient (Wildman–Crippen LogP) is -1.09. The summed E-state index contributed by atoms with van der Waals surface area (Å²) in [6.07, 6.45) is 7.13. The number of H-pyrrole nitrogens is 3. The Balaban J connectivity index is 1.36. The van der Waals surface area contributed by atoms with Gasteiger partial charge in [-0.05, 0) is 137 Å². The Labute approximate surface area is 591 Å². The van der Waals surface area contributed by atoms with Crippen LogP contribution in [0.15, 0.2) is 106 Å². The number of nitrogens with two attached hydrogens (primary N) is 9. The fraction of sp³-hybridized carbons (Fsp3) is 0.478. The molecule has 0 saturated heterocycles. The molecule has 33 nitrogen and oxygen atoms in total. The Hall–Kier alpha value is -10.8. The molecule has 0 bridgehead atoms. The minimum Gasteiger partial charge on any atom is -0.480 e. The molecule has 3 aromatic heterocycles. The van der Waals surface area contributed by atoms with Gasteiger partial charge in [-0.15, -0.1) is 0 Å². The number of carbonyl (C=O) groups is 9. The molecular weight excluding hydrogens is 1310 g/mol. The van der Waals surface area contributed by atoms with Gasteiger partial charge in [-0.25, -0.2) is 4.79 Å². The summed E-state index contributed by atoms with van der Waals surface area (Å²) in [4.78, 5) is 152. The lowest BCUT2D eigenvalue weighted by Gasteiger charge is -2.28. The van der Waals surface area contributed by atoms with Crippen molar-refractivity contribution in [2.75, 3.05) is 32.7 Å². The molecule has 0 radical (unpaired) electrons. The van der Waals surface area contributed by atoms with E-state index in [1.165, 1.54) is 0 Å². The van der Waals surface area contributed by atoms with Crippen molar-refractivity contribution in [3.05, 3.63) is 108 Å². The van der Waals surface area contributed by atoms with E-state index in [4.69, 9.17) is 51.6 Å². The largest absolute Gasteiger partial charge is 0.480 e. The summed E-state index contributed by atoms with van der Waals surface area (Å²) in [6, 6.07) is 9.66. The highest BCUT2D eigenvalue weighted by Crippen LogP contribution is 2.24. The average Bonchev–Trinajstić information content (AvgIpc) is 1.66. The smallest absolute Gasteiger partial charge is 0.326 e. The number of fused-ring (bicyclic) bond motifs is 3. The number of carboxylic acid groups (broad SMARTS) is 1. The van der Waals surface area contributed by atoms with Crippen LogP contribution >= 0.6 is 0 Å². The van der Waals surface area contributed by atoms with E-state index in [0.29, 0.717) is 72.8 Å². The van der Waals surface area contributed by atoms with Crippen LogP contribution in [0.2, 0.25) is 0 Å². The van der Waals surface area contributed by atoms with E-state index < -0.39 is 108 Å². The maximum atomic E-state index is 15.4. The van der Waals surface area contributed by atoms with Crippen LogP contribution < -0.4 is 94.1 Å². The van der Waals surface area contributed by atoms with Crippen molar-refractivity contribution in [2.24, 2.45) is 72.5 Å². The summed E-state index contributed by atoms with van der Waals surface area (Å²) in [5.74, 6) is -8.46. The topological polar surface area (TPSA) is 589 Å². The van der Waals surface area contributed by atoms with Crippen molar-refractivity contribution in [3.8, 4) is 0 Å². The first-order valence-electron chi connectivity index (χ1n) is 34.5. The monoisotopic (exact) mass is 1410 g/mol. The number of nitrogens with one attached hydrogen (secondary N) is 11. The molecule has 3 aromatic carbocycles. The Kier molecular flexibility index (Phi) is 32.3. The Morgan fingerprint density at radius 2 is 0.667 bits per heavy atom. The molecule has 0 aliphatic heterocycles. The maximum Gasteiger partial charge on any atom is 0.326 e. The van der Waals surface area contributed by atoms with E-state index in [1.54, 1.807) is 30.7 Å². The summed E-state index contributed by atoms with van der Waals surface area (Å²) in [7, 11) is 0. The second-order valence-electron chi connectivity index (χ2n) is 25.7. The van der Waals surface area contributed by atoms with Gasteiger partial charge in [0.2, 0.25) is 47.3 Å². The number of benzene rings is 3. The zero-order chi connectivity index (χ0) is 74.3. The molecule has 0 aliphatic rings. The fourth-order valence-electron chi connectivity index (χ4n) is 11.8. The van der Waals surface area contributed by atoms with Gasteiger partial charge in [-0.3, -0.25) is 53.3 Å². The molecular formula is C69H103N23O10. The Morgan fingerprint density at radius 3 is 1.01 bits per heavy atom.